The number of carbonyl (C=O) groups excluding carboxylic acids is 1. The smallest absolute Gasteiger partial charge is 0.408 e. The largest absolute Gasteiger partial charge is 0.419 e. The Morgan fingerprint density at radius 3 is 2.79 bits per heavy atom. The van der Waals surface area contributed by atoms with Crippen LogP contribution < -0.4 is 5.76 Å². The molecule has 1 aliphatic rings. The second kappa shape index (κ2) is 6.33. The molecule has 130 valence electrons. The Morgan fingerprint density at radius 2 is 2.04 bits per heavy atom. The van der Waals surface area contributed by atoms with Crippen molar-refractivity contribution in [3.8, 4) is 0 Å². The van der Waals surface area contributed by atoms with E-state index in [-0.39, 0.29) is 31.8 Å². The van der Waals surface area contributed by atoms with Crippen molar-refractivity contribution in [3.63, 3.8) is 0 Å². The van der Waals surface area contributed by atoms with Gasteiger partial charge in [0.15, 0.2) is 5.58 Å². The molecule has 24 heavy (non-hydrogen) atoms. The average Bonchev–Trinajstić information content (AvgIpc) is 2.87. The highest BCUT2D eigenvalue weighted by molar-refractivity contribution is 5.77. The number of benzene rings is 1. The number of oxazole rings is 1. The van der Waals surface area contributed by atoms with Crippen LogP contribution in [0.25, 0.3) is 11.1 Å². The van der Waals surface area contributed by atoms with Gasteiger partial charge >= 0.3 is 11.9 Å². The van der Waals surface area contributed by atoms with E-state index in [2.05, 4.69) is 0 Å². The Hall–Kier alpha value is -2.25. The first-order valence-electron chi connectivity index (χ1n) is 7.79. The van der Waals surface area contributed by atoms with E-state index < -0.39 is 17.9 Å². The number of hydrogen-bond donors (Lipinski definition) is 0. The second-order valence-electron chi connectivity index (χ2n) is 5.96. The van der Waals surface area contributed by atoms with Gasteiger partial charge in [0.1, 0.15) is 0 Å². The van der Waals surface area contributed by atoms with Crippen molar-refractivity contribution in [2.45, 2.75) is 32.0 Å². The predicted octanol–water partition coefficient (Wildman–Crippen LogP) is 2.79. The zero-order chi connectivity index (χ0) is 17.3. The van der Waals surface area contributed by atoms with Gasteiger partial charge in [0.25, 0.3) is 0 Å². The van der Waals surface area contributed by atoms with Gasteiger partial charge in [0, 0.05) is 26.1 Å². The lowest BCUT2D eigenvalue weighted by molar-refractivity contribution is -0.188. The maximum Gasteiger partial charge on any atom is 0.419 e. The summed E-state index contributed by atoms with van der Waals surface area (Å²) < 4.78 is 44.9. The normalized spacial score (nSPS) is 19.0. The Morgan fingerprint density at radius 1 is 1.29 bits per heavy atom. The lowest BCUT2D eigenvalue weighted by Gasteiger charge is -2.33. The number of carbonyl (C=O) groups is 1. The Labute approximate surface area is 135 Å². The molecular formula is C16H17F3N2O3. The maximum atomic E-state index is 12.8. The van der Waals surface area contributed by atoms with Crippen LogP contribution in [0.15, 0.2) is 33.5 Å². The molecule has 8 heteroatoms. The van der Waals surface area contributed by atoms with Gasteiger partial charge in [0.2, 0.25) is 5.91 Å². The van der Waals surface area contributed by atoms with E-state index in [1.54, 1.807) is 24.3 Å². The lowest BCUT2D eigenvalue weighted by atomic mass is 9.97. The van der Waals surface area contributed by atoms with Gasteiger partial charge in [-0.05, 0) is 25.0 Å². The van der Waals surface area contributed by atoms with E-state index in [9.17, 15) is 22.8 Å². The molecule has 0 unspecified atom stereocenters. The van der Waals surface area contributed by atoms with Gasteiger partial charge in [-0.25, -0.2) is 4.79 Å². The average molecular weight is 342 g/mol. The number of hydrogen-bond acceptors (Lipinski definition) is 3. The van der Waals surface area contributed by atoms with Crippen molar-refractivity contribution in [1.29, 1.82) is 0 Å². The Kier molecular flexibility index (Phi) is 4.38. The minimum atomic E-state index is -4.28. The molecule has 2 aromatic rings. The third-order valence-corrected chi connectivity index (χ3v) is 4.36. The second-order valence-corrected chi connectivity index (χ2v) is 5.96. The van der Waals surface area contributed by atoms with Crippen molar-refractivity contribution < 1.29 is 22.4 Å². The number of aryl methyl sites for hydroxylation is 1. The van der Waals surface area contributed by atoms with Crippen molar-refractivity contribution in [1.82, 2.24) is 9.47 Å². The predicted molar refractivity (Wildman–Crippen MR) is 80.5 cm³/mol. The summed E-state index contributed by atoms with van der Waals surface area (Å²) in [4.78, 5) is 25.3. The first kappa shape index (κ1) is 16.6. The Bertz CT molecular complexity index is 794. The van der Waals surface area contributed by atoms with E-state index in [1.165, 1.54) is 9.47 Å². The fraction of sp³-hybridized carbons (Fsp3) is 0.500. The first-order valence-corrected chi connectivity index (χ1v) is 7.79. The number of amides is 1. The monoisotopic (exact) mass is 342 g/mol. The summed E-state index contributed by atoms with van der Waals surface area (Å²) in [6, 6.07) is 6.82. The summed E-state index contributed by atoms with van der Waals surface area (Å²) in [6.07, 6.45) is -3.92. The number of rotatable bonds is 3. The molecule has 5 nitrogen and oxygen atoms in total. The van der Waals surface area contributed by atoms with E-state index in [0.29, 0.717) is 24.1 Å². The summed E-state index contributed by atoms with van der Waals surface area (Å²) in [7, 11) is 0. The number of fused-ring (bicyclic) bond motifs is 1. The number of piperidine rings is 1. The molecule has 0 bridgehead atoms. The SMILES string of the molecule is O=C(CCn1c(=O)oc2ccccc21)N1CCC[C@H](C(F)(F)F)C1. The highest BCUT2D eigenvalue weighted by atomic mass is 19.4. The fourth-order valence-electron chi connectivity index (χ4n) is 3.06. The van der Waals surface area contributed by atoms with Crippen molar-refractivity contribution in [2.24, 2.45) is 5.92 Å². The van der Waals surface area contributed by atoms with Gasteiger partial charge < -0.3 is 9.32 Å². The van der Waals surface area contributed by atoms with E-state index in [0.717, 1.165) is 0 Å². The molecule has 3 rings (SSSR count). The number of alkyl halides is 3. The highest BCUT2D eigenvalue weighted by Gasteiger charge is 2.42. The van der Waals surface area contributed by atoms with Crippen LogP contribution >= 0.6 is 0 Å². The molecule has 1 aromatic carbocycles. The number of aromatic nitrogens is 1. The highest BCUT2D eigenvalue weighted by Crippen LogP contribution is 2.33. The number of nitrogens with zero attached hydrogens (tertiary/aromatic N) is 2. The molecule has 0 spiro atoms. The summed E-state index contributed by atoms with van der Waals surface area (Å²) in [5.41, 5.74) is 0.993. The standard InChI is InChI=1S/C16H17F3N2O3/c17-16(18,19)11-4-3-8-20(10-11)14(22)7-9-21-12-5-1-2-6-13(12)24-15(21)23/h1-2,5-6,11H,3-4,7-10H2/t11-/m0/s1. The van der Waals surface area contributed by atoms with Gasteiger partial charge in [-0.15, -0.1) is 0 Å². The van der Waals surface area contributed by atoms with Crippen LogP contribution in [0.5, 0.6) is 0 Å². The van der Waals surface area contributed by atoms with Gasteiger partial charge in [0.05, 0.1) is 11.4 Å². The molecular weight excluding hydrogens is 325 g/mol. The lowest BCUT2D eigenvalue weighted by Crippen LogP contribution is -2.44. The number of likely N-dealkylation sites (tertiary alicyclic amines) is 1. The van der Waals surface area contributed by atoms with Crippen LogP contribution in [-0.2, 0) is 11.3 Å². The molecule has 1 saturated heterocycles. The topological polar surface area (TPSA) is 55.5 Å². The molecule has 1 amide bonds. The van der Waals surface area contributed by atoms with Crippen LogP contribution in [0.3, 0.4) is 0 Å². The molecule has 0 radical (unpaired) electrons. The van der Waals surface area contributed by atoms with Crippen LogP contribution in [0.1, 0.15) is 19.3 Å². The van der Waals surface area contributed by atoms with Crippen molar-refractivity contribution in [2.75, 3.05) is 13.1 Å². The van der Waals surface area contributed by atoms with Gasteiger partial charge in [-0.1, -0.05) is 12.1 Å². The minimum Gasteiger partial charge on any atom is -0.408 e. The zero-order valence-corrected chi connectivity index (χ0v) is 12.9. The summed E-state index contributed by atoms with van der Waals surface area (Å²) in [6.45, 7) is 0.109. The first-order chi connectivity index (χ1) is 11.4. The molecule has 1 aromatic heterocycles. The summed E-state index contributed by atoms with van der Waals surface area (Å²) >= 11 is 0. The number of para-hydroxylation sites is 2. The third-order valence-electron chi connectivity index (χ3n) is 4.36. The molecule has 2 heterocycles. The van der Waals surface area contributed by atoms with E-state index in [4.69, 9.17) is 4.42 Å². The molecule has 0 saturated carbocycles. The summed E-state index contributed by atoms with van der Waals surface area (Å²) in [5, 5.41) is 0. The molecule has 0 aliphatic carbocycles. The van der Waals surface area contributed by atoms with Crippen LogP contribution in [0.2, 0.25) is 0 Å². The Balaban J connectivity index is 1.67. The van der Waals surface area contributed by atoms with Crippen molar-refractivity contribution >= 4 is 17.0 Å². The molecule has 1 fully saturated rings. The van der Waals surface area contributed by atoms with Crippen LogP contribution in [-0.4, -0.2) is 34.6 Å². The van der Waals surface area contributed by atoms with Gasteiger partial charge in [-0.2, -0.15) is 13.2 Å². The van der Waals surface area contributed by atoms with E-state index >= 15 is 0 Å². The van der Waals surface area contributed by atoms with Crippen LogP contribution in [0.4, 0.5) is 13.2 Å². The van der Waals surface area contributed by atoms with Crippen LogP contribution in [0, 0.1) is 5.92 Å². The number of halogens is 3. The van der Waals surface area contributed by atoms with E-state index in [1.807, 2.05) is 0 Å². The third kappa shape index (κ3) is 3.32. The minimum absolute atomic E-state index is 0.0337. The quantitative estimate of drug-likeness (QED) is 0.862. The maximum absolute atomic E-state index is 12.8. The molecule has 0 N–H and O–H groups in total. The van der Waals surface area contributed by atoms with Gasteiger partial charge in [-0.3, -0.25) is 9.36 Å². The molecule has 1 atom stereocenters. The molecule has 1 aliphatic heterocycles. The zero-order valence-electron chi connectivity index (χ0n) is 12.9. The van der Waals surface area contributed by atoms with Crippen molar-refractivity contribution in [3.05, 3.63) is 34.8 Å². The summed E-state index contributed by atoms with van der Waals surface area (Å²) in [5.74, 6) is -2.41. The fourth-order valence-corrected chi connectivity index (χ4v) is 3.06.